The molecule has 2 N–H and O–H groups in total. The molecule has 13 nitrogen and oxygen atoms in total. The summed E-state index contributed by atoms with van der Waals surface area (Å²) in [7, 11) is 4.80. The van der Waals surface area contributed by atoms with E-state index in [9.17, 15) is 35.9 Å². The predicted molar refractivity (Wildman–Crippen MR) is 158 cm³/mol. The van der Waals surface area contributed by atoms with Crippen LogP contribution in [0.4, 0.5) is 31.1 Å². The third-order valence-corrected chi connectivity index (χ3v) is 9.00. The van der Waals surface area contributed by atoms with Crippen LogP contribution in [0.15, 0.2) is 23.1 Å². The second kappa shape index (κ2) is 11.7. The standard InChI is InChI=1S/C25H31B3F6N8O5/c1-21(2,24(29,30)31)46-9-14(37-19(43)18-17(11-4-5-11)39-47-40-18)13-8-41-16(36-13)6-12(7-35-41)15(10-45-3)42-20(44)38-22(26,23(42,27)28)25(32,33)34/h6-8,11,14-15H,4-5,9-10,26-28H2,1-3H3,(H,37,43)(H,38,44). The number of nitrogens with zero attached hydrogens (tertiary/aromatic N) is 6. The molecule has 0 spiro atoms. The van der Waals surface area contributed by atoms with Crippen LogP contribution < -0.4 is 10.6 Å². The van der Waals surface area contributed by atoms with Gasteiger partial charge in [-0.2, -0.15) is 31.4 Å². The molecule has 1 saturated heterocycles. The number of urea groups is 1. The maximum Gasteiger partial charge on any atom is 0.416 e. The quantitative estimate of drug-likeness (QED) is 0.218. The third kappa shape index (κ3) is 6.16. The fourth-order valence-electron chi connectivity index (χ4n) is 5.39. The van der Waals surface area contributed by atoms with Gasteiger partial charge in [0.1, 0.15) is 34.7 Å². The van der Waals surface area contributed by atoms with Crippen LogP contribution in [-0.2, 0) is 9.47 Å². The molecule has 3 amide bonds. The van der Waals surface area contributed by atoms with Crippen molar-refractivity contribution < 1.29 is 50.0 Å². The SMILES string of the molecule is BC1(B)N(C(COC)c2cnn3cc(C(COC(C)(C)C(F)(F)F)NC(=O)c4nonc4C4CC4)nc3c2)C(=O)NC1(B)C(F)(F)F. The van der Waals surface area contributed by atoms with Crippen molar-refractivity contribution >= 4 is 41.1 Å². The Balaban J connectivity index is 1.49. The van der Waals surface area contributed by atoms with Gasteiger partial charge in [-0.25, -0.2) is 18.9 Å². The minimum absolute atomic E-state index is 0.0182. The van der Waals surface area contributed by atoms with Crippen molar-refractivity contribution in [3.05, 3.63) is 41.1 Å². The fourth-order valence-corrected chi connectivity index (χ4v) is 5.39. The van der Waals surface area contributed by atoms with E-state index in [0.29, 0.717) is 5.69 Å². The first-order chi connectivity index (χ1) is 21.7. The lowest BCUT2D eigenvalue weighted by Gasteiger charge is -2.45. The Bertz CT molecular complexity index is 1660. The second-order valence-corrected chi connectivity index (χ2v) is 12.8. The van der Waals surface area contributed by atoms with Crippen molar-refractivity contribution in [1.29, 1.82) is 0 Å². The van der Waals surface area contributed by atoms with Crippen LogP contribution in [0.1, 0.15) is 72.1 Å². The van der Waals surface area contributed by atoms with Crippen LogP contribution in [0.5, 0.6) is 0 Å². The molecule has 3 atom stereocenters. The molecule has 1 aliphatic carbocycles. The summed E-state index contributed by atoms with van der Waals surface area (Å²) in [5.41, 5.74) is -4.53. The number of nitrogens with one attached hydrogen (secondary N) is 2. The number of amides is 3. The van der Waals surface area contributed by atoms with Gasteiger partial charge in [0.2, 0.25) is 0 Å². The number of ether oxygens (including phenoxy) is 2. The monoisotopic (exact) mass is 670 g/mol. The number of halogens is 6. The first-order valence-corrected chi connectivity index (χ1v) is 14.6. The van der Waals surface area contributed by atoms with Gasteiger partial charge in [0.15, 0.2) is 16.9 Å². The van der Waals surface area contributed by atoms with E-state index >= 15 is 0 Å². The lowest BCUT2D eigenvalue weighted by Crippen LogP contribution is -2.70. The van der Waals surface area contributed by atoms with Crippen LogP contribution in [0.25, 0.3) is 5.65 Å². The topological polar surface area (TPSA) is 149 Å². The van der Waals surface area contributed by atoms with Crippen molar-refractivity contribution in [2.24, 2.45) is 0 Å². The van der Waals surface area contributed by atoms with E-state index in [4.69, 9.17) is 14.1 Å². The third-order valence-electron chi connectivity index (χ3n) is 9.00. The Morgan fingerprint density at radius 1 is 1.17 bits per heavy atom. The van der Waals surface area contributed by atoms with E-state index in [0.717, 1.165) is 39.4 Å². The molecular formula is C25H31B3F6N8O5. The van der Waals surface area contributed by atoms with E-state index in [1.54, 1.807) is 0 Å². The average Bonchev–Trinajstić information content (AvgIpc) is 3.45. The number of carbonyl (C=O) groups excluding carboxylic acids is 2. The largest absolute Gasteiger partial charge is 0.416 e. The van der Waals surface area contributed by atoms with Crippen molar-refractivity contribution in [2.45, 2.75) is 73.4 Å². The van der Waals surface area contributed by atoms with Crippen molar-refractivity contribution in [1.82, 2.24) is 40.4 Å². The molecule has 2 fully saturated rings. The molecule has 0 radical (unpaired) electrons. The van der Waals surface area contributed by atoms with E-state index in [1.807, 2.05) is 0 Å². The zero-order valence-electron chi connectivity index (χ0n) is 26.3. The minimum atomic E-state index is -4.79. The number of hydrogen-bond donors (Lipinski definition) is 2. The highest BCUT2D eigenvalue weighted by atomic mass is 19.4. The van der Waals surface area contributed by atoms with Gasteiger partial charge in [-0.1, -0.05) is 5.16 Å². The number of imidazole rings is 1. The minimum Gasteiger partial charge on any atom is -0.382 e. The Kier molecular flexibility index (Phi) is 8.60. The summed E-state index contributed by atoms with van der Waals surface area (Å²) in [6.07, 6.45) is -5.30. The number of rotatable bonds is 11. The number of methoxy groups -OCH3 is 1. The van der Waals surface area contributed by atoms with E-state index < -0.39 is 59.4 Å². The van der Waals surface area contributed by atoms with Crippen molar-refractivity contribution in [2.75, 3.05) is 20.3 Å². The Hall–Kier alpha value is -3.81. The first-order valence-electron chi connectivity index (χ1n) is 14.6. The fraction of sp³-hybridized carbons (Fsp3) is 0.600. The molecular weight excluding hydrogens is 639 g/mol. The molecule has 3 aromatic rings. The lowest BCUT2D eigenvalue weighted by atomic mass is 9.44. The Labute approximate surface area is 266 Å². The van der Waals surface area contributed by atoms with Crippen LogP contribution in [0.2, 0.25) is 0 Å². The van der Waals surface area contributed by atoms with Gasteiger partial charge in [0, 0.05) is 23.9 Å². The zero-order valence-corrected chi connectivity index (χ0v) is 26.3. The number of carbonyl (C=O) groups is 2. The summed E-state index contributed by atoms with van der Waals surface area (Å²) in [6, 6.07) is -1.81. The Morgan fingerprint density at radius 3 is 2.43 bits per heavy atom. The molecule has 5 rings (SSSR count). The van der Waals surface area contributed by atoms with Gasteiger partial charge in [-0.3, -0.25) is 4.79 Å². The molecule has 4 heterocycles. The first kappa shape index (κ1) is 34.5. The zero-order chi connectivity index (χ0) is 34.7. The molecule has 1 aliphatic heterocycles. The molecule has 0 bridgehead atoms. The average molecular weight is 670 g/mol. The lowest BCUT2D eigenvalue weighted by molar-refractivity contribution is -0.265. The Morgan fingerprint density at radius 2 is 1.85 bits per heavy atom. The maximum atomic E-state index is 14.2. The molecule has 3 aromatic heterocycles. The number of hydrogen-bond acceptors (Lipinski definition) is 9. The molecule has 3 unspecified atom stereocenters. The summed E-state index contributed by atoms with van der Waals surface area (Å²) in [5, 5.41) is 14.6. The summed E-state index contributed by atoms with van der Waals surface area (Å²) in [6.45, 7) is 0.811. The summed E-state index contributed by atoms with van der Waals surface area (Å²) >= 11 is 0. The number of fused-ring (bicyclic) bond motifs is 1. The van der Waals surface area contributed by atoms with Crippen molar-refractivity contribution in [3.8, 4) is 0 Å². The van der Waals surface area contributed by atoms with Gasteiger partial charge in [0.25, 0.3) is 5.91 Å². The molecule has 1 saturated carbocycles. The highest BCUT2D eigenvalue weighted by Crippen LogP contribution is 2.44. The highest BCUT2D eigenvalue weighted by Gasteiger charge is 2.67. The van der Waals surface area contributed by atoms with Crippen LogP contribution in [0.3, 0.4) is 0 Å². The predicted octanol–water partition coefficient (Wildman–Crippen LogP) is 0.343. The van der Waals surface area contributed by atoms with Gasteiger partial charge in [-0.05, 0) is 37.9 Å². The van der Waals surface area contributed by atoms with Gasteiger partial charge >= 0.3 is 18.4 Å². The smallest absolute Gasteiger partial charge is 0.382 e. The molecule has 22 heteroatoms. The molecule has 2 aliphatic rings. The summed E-state index contributed by atoms with van der Waals surface area (Å²) in [5.74, 6) is -0.789. The molecule has 252 valence electrons. The van der Waals surface area contributed by atoms with Crippen molar-refractivity contribution in [3.63, 3.8) is 0 Å². The van der Waals surface area contributed by atoms with Crippen LogP contribution in [-0.4, -0.2) is 114 Å². The highest BCUT2D eigenvalue weighted by molar-refractivity contribution is 6.47. The summed E-state index contributed by atoms with van der Waals surface area (Å²) < 4.78 is 99.8. The summed E-state index contributed by atoms with van der Waals surface area (Å²) in [4.78, 5) is 31.8. The maximum absolute atomic E-state index is 14.2. The van der Waals surface area contributed by atoms with E-state index in [2.05, 4.69) is 31.0 Å². The molecule has 47 heavy (non-hydrogen) atoms. The van der Waals surface area contributed by atoms with E-state index in [1.165, 1.54) is 45.8 Å². The van der Waals surface area contributed by atoms with Crippen LogP contribution in [0, 0.1) is 0 Å². The molecule has 0 aromatic carbocycles. The normalized spacial score (nSPS) is 21.6. The second-order valence-electron chi connectivity index (χ2n) is 12.8. The van der Waals surface area contributed by atoms with Gasteiger partial charge in [-0.15, -0.1) is 0 Å². The number of alkyl halides is 6. The number of aromatic nitrogens is 5. The van der Waals surface area contributed by atoms with E-state index in [-0.39, 0.29) is 35.1 Å². The van der Waals surface area contributed by atoms with Crippen LogP contribution >= 0.6 is 0 Å². The van der Waals surface area contributed by atoms with Gasteiger partial charge in [0.05, 0.1) is 43.4 Å². The van der Waals surface area contributed by atoms with Gasteiger partial charge < -0.3 is 25.0 Å².